The molecule has 206 valence electrons. The summed E-state index contributed by atoms with van der Waals surface area (Å²) in [5.74, 6) is -1.34. The number of imidazole rings is 1. The fourth-order valence-electron chi connectivity index (χ4n) is 5.38. The van der Waals surface area contributed by atoms with Gasteiger partial charge in [-0.25, -0.2) is 18.4 Å². The zero-order chi connectivity index (χ0) is 27.5. The maximum atomic E-state index is 16.3. The van der Waals surface area contributed by atoms with Gasteiger partial charge in [-0.1, -0.05) is 11.6 Å². The van der Waals surface area contributed by atoms with Gasteiger partial charge in [-0.05, 0) is 50.0 Å². The third kappa shape index (κ3) is 4.11. The van der Waals surface area contributed by atoms with E-state index in [1.807, 2.05) is 0 Å². The Kier molecular flexibility index (Phi) is 6.00. The highest BCUT2D eigenvalue weighted by molar-refractivity contribution is 6.35. The molecule has 4 aromatic heterocycles. The van der Waals surface area contributed by atoms with Gasteiger partial charge in [0.25, 0.3) is 0 Å². The van der Waals surface area contributed by atoms with Gasteiger partial charge in [-0.2, -0.15) is 9.90 Å². The Morgan fingerprint density at radius 1 is 1.25 bits per heavy atom. The van der Waals surface area contributed by atoms with Crippen molar-refractivity contribution in [1.29, 1.82) is 0 Å². The Labute approximate surface area is 231 Å². The van der Waals surface area contributed by atoms with E-state index in [-0.39, 0.29) is 23.2 Å². The number of amides is 1. The Morgan fingerprint density at radius 2 is 2.10 bits per heavy atom. The molecule has 5 heterocycles. The number of aromatic nitrogens is 8. The minimum absolute atomic E-state index is 0.0747. The summed E-state index contributed by atoms with van der Waals surface area (Å²) < 4.78 is 39.1. The van der Waals surface area contributed by atoms with Gasteiger partial charge in [0, 0.05) is 34.9 Å². The lowest BCUT2D eigenvalue weighted by Gasteiger charge is -2.25. The fourth-order valence-corrected chi connectivity index (χ4v) is 5.70. The number of ether oxygens (including phenoxy) is 1. The molecule has 0 bridgehead atoms. The number of anilines is 1. The number of rotatable bonds is 6. The number of hydrogen-bond donors (Lipinski definition) is 1. The first-order valence-electron chi connectivity index (χ1n) is 13.1. The summed E-state index contributed by atoms with van der Waals surface area (Å²) in [7, 11) is 0. The normalized spacial score (nSPS) is 21.6. The van der Waals surface area contributed by atoms with Crippen molar-refractivity contribution >= 4 is 39.9 Å². The maximum Gasteiger partial charge on any atom is 0.231 e. The largest absolute Gasteiger partial charge is 0.356 e. The van der Waals surface area contributed by atoms with Crippen molar-refractivity contribution < 1.29 is 18.3 Å². The fraction of sp³-hybridized carbons (Fsp3) is 0.385. The summed E-state index contributed by atoms with van der Waals surface area (Å²) in [6.07, 6.45) is 7.77. The van der Waals surface area contributed by atoms with Gasteiger partial charge in [-0.15, -0.1) is 10.2 Å². The number of nitrogens with one attached hydrogen (secondary N) is 1. The van der Waals surface area contributed by atoms with E-state index in [4.69, 9.17) is 16.3 Å². The van der Waals surface area contributed by atoms with Crippen molar-refractivity contribution in [3.8, 4) is 11.1 Å². The lowest BCUT2D eigenvalue weighted by atomic mass is 9.96. The number of benzene rings is 1. The van der Waals surface area contributed by atoms with Gasteiger partial charge in [0.15, 0.2) is 18.4 Å². The second-order valence-corrected chi connectivity index (χ2v) is 10.6. The van der Waals surface area contributed by atoms with Gasteiger partial charge in [0.1, 0.15) is 23.7 Å². The number of halogens is 3. The van der Waals surface area contributed by atoms with Crippen LogP contribution in [0.25, 0.3) is 27.7 Å². The van der Waals surface area contributed by atoms with E-state index in [2.05, 4.69) is 30.8 Å². The molecule has 1 saturated heterocycles. The molecule has 1 aliphatic carbocycles. The Bertz CT molecular complexity index is 1750. The minimum Gasteiger partial charge on any atom is -0.356 e. The van der Waals surface area contributed by atoms with Crippen LogP contribution in [0.5, 0.6) is 0 Å². The van der Waals surface area contributed by atoms with Gasteiger partial charge in [0.05, 0.1) is 28.9 Å². The number of hydrogen-bond acceptors (Lipinski definition) is 7. The molecule has 0 spiro atoms. The van der Waals surface area contributed by atoms with E-state index in [0.717, 1.165) is 19.3 Å². The first-order valence-corrected chi connectivity index (χ1v) is 13.4. The SMILES string of the molecule is CC(c1c(F)c(Cl)c(-c2ccc3nc(NC(=O)C4CC4F)cn3c2)c2cnn(C3CCCCO3)c12)n1ncnn1. The van der Waals surface area contributed by atoms with E-state index in [1.54, 1.807) is 46.7 Å². The van der Waals surface area contributed by atoms with Crippen LogP contribution in [0.1, 0.15) is 50.4 Å². The predicted molar refractivity (Wildman–Crippen MR) is 141 cm³/mol. The van der Waals surface area contributed by atoms with E-state index < -0.39 is 29.9 Å². The number of nitrogens with zero attached hydrogens (tertiary/aromatic N) is 8. The van der Waals surface area contributed by atoms with Crippen LogP contribution in [-0.4, -0.2) is 58.1 Å². The van der Waals surface area contributed by atoms with Crippen molar-refractivity contribution in [1.82, 2.24) is 39.4 Å². The quantitative estimate of drug-likeness (QED) is 0.315. The highest BCUT2D eigenvalue weighted by Crippen LogP contribution is 2.43. The monoisotopic (exact) mass is 567 g/mol. The molecule has 1 amide bonds. The Morgan fingerprint density at radius 3 is 2.83 bits per heavy atom. The Balaban J connectivity index is 1.37. The smallest absolute Gasteiger partial charge is 0.231 e. The lowest BCUT2D eigenvalue weighted by Crippen LogP contribution is -2.21. The van der Waals surface area contributed by atoms with Crippen LogP contribution in [0, 0.1) is 11.7 Å². The molecule has 2 fully saturated rings. The van der Waals surface area contributed by atoms with Gasteiger partial charge < -0.3 is 14.5 Å². The third-order valence-electron chi connectivity index (χ3n) is 7.57. The number of carbonyl (C=O) groups excluding carboxylic acids is 1. The van der Waals surface area contributed by atoms with Crippen LogP contribution >= 0.6 is 11.6 Å². The molecule has 14 heteroatoms. The number of alkyl halides is 1. The molecule has 5 aromatic rings. The molecule has 11 nitrogen and oxygen atoms in total. The summed E-state index contributed by atoms with van der Waals surface area (Å²) >= 11 is 6.77. The van der Waals surface area contributed by atoms with Crippen molar-refractivity contribution in [3.05, 3.63) is 53.5 Å². The zero-order valence-corrected chi connectivity index (χ0v) is 22.1. The van der Waals surface area contributed by atoms with Gasteiger partial charge in [-0.3, -0.25) is 4.79 Å². The molecule has 1 N–H and O–H groups in total. The van der Waals surface area contributed by atoms with Crippen LogP contribution in [0.2, 0.25) is 5.02 Å². The molecule has 0 radical (unpaired) electrons. The van der Waals surface area contributed by atoms with Crippen LogP contribution in [0.4, 0.5) is 14.6 Å². The summed E-state index contributed by atoms with van der Waals surface area (Å²) in [4.78, 5) is 17.9. The van der Waals surface area contributed by atoms with Crippen molar-refractivity contribution in [2.75, 3.05) is 11.9 Å². The standard InChI is InChI=1S/C26H24ClF2N9O2/c1-13(38-32-12-30-35-38)21-24(29)23(27)22(16-9-31-37(25(16)21)20-4-2-3-7-40-20)14-5-6-19-33-18(11-36(19)10-14)34-26(39)15-8-17(15)28/h5-6,9-13,15,17,20H,2-4,7-8H2,1H3,(H,34,39). The summed E-state index contributed by atoms with van der Waals surface area (Å²) in [5, 5.41) is 19.7. The minimum atomic E-state index is -1.10. The molecule has 40 heavy (non-hydrogen) atoms. The molecule has 2 aliphatic rings. The average Bonchev–Trinajstić information content (AvgIpc) is 3.35. The molecular weight excluding hydrogens is 544 g/mol. The van der Waals surface area contributed by atoms with E-state index in [9.17, 15) is 9.18 Å². The van der Waals surface area contributed by atoms with Gasteiger partial charge in [0.2, 0.25) is 5.91 Å². The van der Waals surface area contributed by atoms with E-state index in [1.165, 1.54) is 11.1 Å². The lowest BCUT2D eigenvalue weighted by molar-refractivity contribution is -0.117. The molecular formula is C26H24ClF2N9O2. The average molecular weight is 568 g/mol. The molecule has 7 rings (SSSR count). The number of tetrazole rings is 1. The van der Waals surface area contributed by atoms with Crippen LogP contribution < -0.4 is 5.32 Å². The van der Waals surface area contributed by atoms with E-state index in [0.29, 0.717) is 40.1 Å². The van der Waals surface area contributed by atoms with Gasteiger partial charge >= 0.3 is 0 Å². The van der Waals surface area contributed by atoms with Crippen LogP contribution in [-0.2, 0) is 9.53 Å². The molecule has 1 saturated carbocycles. The summed E-state index contributed by atoms with van der Waals surface area (Å²) in [6, 6.07) is 2.89. The third-order valence-corrected chi connectivity index (χ3v) is 7.92. The number of carbonyl (C=O) groups is 1. The highest BCUT2D eigenvalue weighted by Gasteiger charge is 2.43. The van der Waals surface area contributed by atoms with Crippen molar-refractivity contribution in [3.63, 3.8) is 0 Å². The summed E-state index contributed by atoms with van der Waals surface area (Å²) in [5.41, 5.74) is 2.45. The van der Waals surface area contributed by atoms with Crippen molar-refractivity contribution in [2.45, 2.75) is 51.0 Å². The van der Waals surface area contributed by atoms with Crippen molar-refractivity contribution in [2.24, 2.45) is 5.92 Å². The van der Waals surface area contributed by atoms with Crippen LogP contribution in [0.3, 0.4) is 0 Å². The zero-order valence-electron chi connectivity index (χ0n) is 21.3. The molecule has 4 unspecified atom stereocenters. The Hall–Kier alpha value is -3.97. The van der Waals surface area contributed by atoms with Crippen LogP contribution in [0.15, 0.2) is 37.1 Å². The molecule has 1 aliphatic heterocycles. The first-order chi connectivity index (χ1) is 19.4. The maximum absolute atomic E-state index is 16.3. The second-order valence-electron chi connectivity index (χ2n) is 10.2. The van der Waals surface area contributed by atoms with E-state index >= 15 is 4.39 Å². The molecule has 1 aromatic carbocycles. The number of pyridine rings is 1. The summed E-state index contributed by atoms with van der Waals surface area (Å²) in [6.45, 7) is 2.36. The molecule has 4 atom stereocenters. The number of fused-ring (bicyclic) bond motifs is 2. The predicted octanol–water partition coefficient (Wildman–Crippen LogP) is 4.73. The second kappa shape index (κ2) is 9.59. The topological polar surface area (TPSA) is 117 Å². The highest BCUT2D eigenvalue weighted by atomic mass is 35.5. The first kappa shape index (κ1) is 25.0.